The van der Waals surface area contributed by atoms with Gasteiger partial charge >= 0.3 is 6.18 Å². The summed E-state index contributed by atoms with van der Waals surface area (Å²) in [5, 5.41) is 12.5. The predicted octanol–water partition coefficient (Wildman–Crippen LogP) is 2.11. The van der Waals surface area contributed by atoms with Gasteiger partial charge < -0.3 is 20.7 Å². The topological polar surface area (TPSA) is 93.2 Å². The first-order valence-electron chi connectivity index (χ1n) is 7.93. The molecule has 0 saturated carbocycles. The van der Waals surface area contributed by atoms with Crippen LogP contribution in [0.5, 0.6) is 0 Å². The molecular weight excluding hydrogens is 385 g/mol. The van der Waals surface area contributed by atoms with E-state index >= 15 is 0 Å². The quantitative estimate of drug-likeness (QED) is 0.685. The number of benzene rings is 1. The normalized spacial score (nSPS) is 14.8. The van der Waals surface area contributed by atoms with Crippen LogP contribution in [0.3, 0.4) is 0 Å². The highest BCUT2D eigenvalue weighted by molar-refractivity contribution is 5.85. The van der Waals surface area contributed by atoms with E-state index in [2.05, 4.69) is 10.3 Å². The van der Waals surface area contributed by atoms with Crippen LogP contribution >= 0.6 is 12.4 Å². The van der Waals surface area contributed by atoms with Crippen molar-refractivity contribution in [3.05, 3.63) is 53.6 Å². The molecule has 0 fully saturated rings. The van der Waals surface area contributed by atoms with Crippen molar-refractivity contribution >= 4 is 18.3 Å². The van der Waals surface area contributed by atoms with Crippen molar-refractivity contribution in [2.45, 2.75) is 31.2 Å². The molecule has 1 heterocycles. The molecule has 0 saturated heterocycles. The fraction of sp³-hybridized carbons (Fsp3) is 0.412. The average molecular weight is 407 g/mol. The number of hydrogen-bond donors (Lipinski definition) is 3. The second kappa shape index (κ2) is 8.73. The molecule has 10 heteroatoms. The van der Waals surface area contributed by atoms with Gasteiger partial charge in [-0.15, -0.1) is 12.4 Å². The number of aromatic nitrogens is 2. The number of hydrogen-bond acceptors (Lipinski definition) is 4. The number of imidazole rings is 1. The van der Waals surface area contributed by atoms with Gasteiger partial charge in [0.05, 0.1) is 0 Å². The van der Waals surface area contributed by atoms with Crippen molar-refractivity contribution in [3.63, 3.8) is 0 Å². The number of carbonyl (C=O) groups is 1. The molecule has 2 rings (SSSR count). The third-order valence-electron chi connectivity index (χ3n) is 4.17. The van der Waals surface area contributed by atoms with Crippen LogP contribution in [0.15, 0.2) is 36.7 Å². The number of amides is 1. The minimum Gasteiger partial charge on any atom is -0.374 e. The first-order chi connectivity index (χ1) is 12.1. The Hall–Kier alpha value is -2.10. The maximum atomic E-state index is 13.4. The predicted molar refractivity (Wildman–Crippen MR) is 96.1 cm³/mol. The first kappa shape index (κ1) is 22.9. The van der Waals surface area contributed by atoms with Gasteiger partial charge in [0, 0.05) is 32.4 Å². The van der Waals surface area contributed by atoms with Crippen molar-refractivity contribution < 1.29 is 23.1 Å². The van der Waals surface area contributed by atoms with Crippen molar-refractivity contribution in [2.75, 3.05) is 6.54 Å². The zero-order valence-electron chi connectivity index (χ0n) is 14.8. The van der Waals surface area contributed by atoms with Crippen molar-refractivity contribution in [2.24, 2.45) is 12.8 Å². The zero-order chi connectivity index (χ0) is 19.5. The number of aryl methyl sites for hydroxylation is 2. The van der Waals surface area contributed by atoms with Crippen LogP contribution in [0, 0.1) is 6.92 Å². The van der Waals surface area contributed by atoms with E-state index in [1.54, 1.807) is 24.3 Å². The van der Waals surface area contributed by atoms with Crippen LogP contribution in [0.1, 0.15) is 29.4 Å². The number of nitrogens with two attached hydrogens (primary N) is 1. The van der Waals surface area contributed by atoms with E-state index in [9.17, 15) is 23.1 Å². The fourth-order valence-corrected chi connectivity index (χ4v) is 2.55. The van der Waals surface area contributed by atoms with Crippen LogP contribution in [-0.2, 0) is 17.4 Å². The molecule has 27 heavy (non-hydrogen) atoms. The maximum Gasteiger partial charge on any atom is 0.424 e. The molecule has 1 aromatic carbocycles. The lowest BCUT2D eigenvalue weighted by molar-refractivity contribution is -0.272. The number of alkyl halides is 3. The second-order valence-electron chi connectivity index (χ2n) is 6.15. The van der Waals surface area contributed by atoms with E-state index in [0.29, 0.717) is 5.56 Å². The largest absolute Gasteiger partial charge is 0.424 e. The highest BCUT2D eigenvalue weighted by atomic mass is 35.5. The molecule has 2 aromatic rings. The van der Waals surface area contributed by atoms with E-state index < -0.39 is 42.5 Å². The standard InChI is InChI=1S/C17H21F3N4O2.ClH/c1-11-3-5-12(6-4-11)13(21)14(25)22-8-7-16(26,17(18,19)20)15-23-9-10-24(15)2;/h3-6,9-10,13,26H,7-8,21H2,1-2H3,(H,22,25);1H. The smallest absolute Gasteiger partial charge is 0.374 e. The van der Waals surface area contributed by atoms with Gasteiger partial charge in [0.2, 0.25) is 11.5 Å². The van der Waals surface area contributed by atoms with Crippen molar-refractivity contribution in [3.8, 4) is 0 Å². The number of aliphatic hydroxyl groups is 1. The molecule has 150 valence electrons. The third kappa shape index (κ3) is 5.00. The third-order valence-corrected chi connectivity index (χ3v) is 4.17. The van der Waals surface area contributed by atoms with Gasteiger partial charge in [-0.1, -0.05) is 29.8 Å². The van der Waals surface area contributed by atoms with Crippen LogP contribution in [0.4, 0.5) is 13.2 Å². The molecule has 0 aliphatic carbocycles. The number of halogens is 4. The summed E-state index contributed by atoms with van der Waals surface area (Å²) in [6, 6.07) is 5.92. The first-order valence-corrected chi connectivity index (χ1v) is 7.93. The van der Waals surface area contributed by atoms with Gasteiger partial charge in [-0.3, -0.25) is 4.79 Å². The lowest BCUT2D eigenvalue weighted by Crippen LogP contribution is -2.47. The van der Waals surface area contributed by atoms with Gasteiger partial charge in [-0.25, -0.2) is 4.98 Å². The maximum absolute atomic E-state index is 13.4. The summed E-state index contributed by atoms with van der Waals surface area (Å²) >= 11 is 0. The molecule has 4 N–H and O–H groups in total. The summed E-state index contributed by atoms with van der Waals surface area (Å²) < 4.78 is 41.3. The fourth-order valence-electron chi connectivity index (χ4n) is 2.55. The Morgan fingerprint density at radius 1 is 1.33 bits per heavy atom. The van der Waals surface area contributed by atoms with Gasteiger partial charge in [0.1, 0.15) is 11.9 Å². The molecule has 0 aliphatic heterocycles. The molecule has 0 aliphatic rings. The monoisotopic (exact) mass is 406 g/mol. The number of nitrogens with zero attached hydrogens (tertiary/aromatic N) is 2. The van der Waals surface area contributed by atoms with E-state index in [1.807, 2.05) is 6.92 Å². The van der Waals surface area contributed by atoms with E-state index in [4.69, 9.17) is 5.73 Å². The van der Waals surface area contributed by atoms with E-state index in [1.165, 1.54) is 13.2 Å². The Balaban J connectivity index is 0.00000364. The minimum absolute atomic E-state index is 0. The van der Waals surface area contributed by atoms with Gasteiger partial charge in [-0.2, -0.15) is 13.2 Å². The Labute approximate surface area is 161 Å². The molecule has 2 unspecified atom stereocenters. The Bertz CT molecular complexity index is 764. The summed E-state index contributed by atoms with van der Waals surface area (Å²) in [7, 11) is 1.35. The summed E-state index contributed by atoms with van der Waals surface area (Å²) in [5.41, 5.74) is 4.19. The lowest BCUT2D eigenvalue weighted by Gasteiger charge is -2.30. The van der Waals surface area contributed by atoms with E-state index in [0.717, 1.165) is 16.3 Å². The van der Waals surface area contributed by atoms with Crippen molar-refractivity contribution in [1.29, 1.82) is 0 Å². The van der Waals surface area contributed by atoms with Crippen LogP contribution in [0.25, 0.3) is 0 Å². The molecule has 1 amide bonds. The Morgan fingerprint density at radius 3 is 2.41 bits per heavy atom. The van der Waals surface area contributed by atoms with Gasteiger partial charge in [0.15, 0.2) is 0 Å². The second-order valence-corrected chi connectivity index (χ2v) is 6.15. The van der Waals surface area contributed by atoms with Crippen LogP contribution in [0.2, 0.25) is 0 Å². The SMILES string of the molecule is Cc1ccc(C(N)C(=O)NCCC(O)(c2nccn2C)C(F)(F)F)cc1.Cl. The van der Waals surface area contributed by atoms with Gasteiger partial charge in [0.25, 0.3) is 0 Å². The van der Waals surface area contributed by atoms with Crippen LogP contribution < -0.4 is 11.1 Å². The van der Waals surface area contributed by atoms with Gasteiger partial charge in [-0.05, 0) is 12.5 Å². The number of rotatable bonds is 6. The Morgan fingerprint density at radius 2 is 1.93 bits per heavy atom. The molecule has 0 bridgehead atoms. The van der Waals surface area contributed by atoms with Crippen LogP contribution in [-0.4, -0.2) is 33.3 Å². The molecule has 0 spiro atoms. The molecule has 6 nitrogen and oxygen atoms in total. The average Bonchev–Trinajstić information content (AvgIpc) is 3.00. The van der Waals surface area contributed by atoms with E-state index in [-0.39, 0.29) is 12.4 Å². The molecule has 2 atom stereocenters. The highest BCUT2D eigenvalue weighted by Crippen LogP contribution is 2.40. The minimum atomic E-state index is -4.95. The lowest BCUT2D eigenvalue weighted by atomic mass is 9.97. The molecule has 0 radical (unpaired) electrons. The summed E-state index contributed by atoms with van der Waals surface area (Å²) in [6.45, 7) is 1.46. The number of nitrogens with one attached hydrogen (secondary N) is 1. The Kier molecular flexibility index (Phi) is 7.41. The molecular formula is C17H22ClF3N4O2. The summed E-state index contributed by atoms with van der Waals surface area (Å²) in [5.74, 6) is -1.17. The summed E-state index contributed by atoms with van der Waals surface area (Å²) in [4.78, 5) is 15.7. The molecule has 1 aromatic heterocycles. The van der Waals surface area contributed by atoms with Crippen molar-refractivity contribution in [1.82, 2.24) is 14.9 Å². The zero-order valence-corrected chi connectivity index (χ0v) is 15.6. The summed E-state index contributed by atoms with van der Waals surface area (Å²) in [6.07, 6.45) is -3.26. The number of carbonyl (C=O) groups excluding carboxylic acids is 1. The highest BCUT2D eigenvalue weighted by Gasteiger charge is 2.57.